The van der Waals surface area contributed by atoms with Gasteiger partial charge in [0.15, 0.2) is 0 Å². The lowest BCUT2D eigenvalue weighted by Crippen LogP contribution is -2.29. The van der Waals surface area contributed by atoms with Crippen LogP contribution in [0.2, 0.25) is 0 Å². The van der Waals surface area contributed by atoms with Crippen molar-refractivity contribution in [2.45, 2.75) is 44.6 Å². The molecule has 1 aliphatic carbocycles. The molecule has 15 heavy (non-hydrogen) atoms. The second-order valence-electron chi connectivity index (χ2n) is 4.66. The molecule has 1 N–H and O–H groups in total. The van der Waals surface area contributed by atoms with Gasteiger partial charge in [0.1, 0.15) is 0 Å². The van der Waals surface area contributed by atoms with E-state index >= 15 is 0 Å². The zero-order valence-corrected chi connectivity index (χ0v) is 10.4. The van der Waals surface area contributed by atoms with Crippen molar-refractivity contribution in [3.8, 4) is 0 Å². The van der Waals surface area contributed by atoms with E-state index < -0.39 is 0 Å². The van der Waals surface area contributed by atoms with E-state index in [1.165, 1.54) is 43.4 Å². The topological polar surface area (TPSA) is 12.0 Å². The summed E-state index contributed by atoms with van der Waals surface area (Å²) >= 11 is 1.88. The fraction of sp³-hybridized carbons (Fsp3) is 0.692. The minimum Gasteiger partial charge on any atom is -0.317 e. The number of nitrogens with one attached hydrogen (secondary N) is 1. The van der Waals surface area contributed by atoms with Crippen LogP contribution in [0.3, 0.4) is 0 Å². The molecule has 1 aromatic heterocycles. The average molecular weight is 223 g/mol. The van der Waals surface area contributed by atoms with Crippen LogP contribution in [-0.4, -0.2) is 13.1 Å². The molecule has 0 spiro atoms. The van der Waals surface area contributed by atoms with Crippen LogP contribution in [0.15, 0.2) is 17.5 Å². The molecule has 0 aliphatic heterocycles. The van der Waals surface area contributed by atoms with Crippen LogP contribution >= 0.6 is 11.3 Å². The van der Waals surface area contributed by atoms with Gasteiger partial charge in [-0.2, -0.15) is 0 Å². The summed E-state index contributed by atoms with van der Waals surface area (Å²) < 4.78 is 0. The van der Waals surface area contributed by atoms with E-state index in [0.29, 0.717) is 6.04 Å². The number of likely N-dealkylation sites (N-methyl/N-ethyl adjacent to an activating group) is 1. The first-order chi connectivity index (χ1) is 7.38. The molecule has 1 heterocycles. The summed E-state index contributed by atoms with van der Waals surface area (Å²) in [6, 6.07) is 5.10. The normalized spacial score (nSPS) is 19.5. The van der Waals surface area contributed by atoms with Gasteiger partial charge >= 0.3 is 0 Å². The van der Waals surface area contributed by atoms with Crippen LogP contribution in [0.1, 0.15) is 37.0 Å². The minimum absolute atomic E-state index is 0.687. The van der Waals surface area contributed by atoms with Crippen molar-refractivity contribution in [1.29, 1.82) is 0 Å². The van der Waals surface area contributed by atoms with Crippen LogP contribution in [0.5, 0.6) is 0 Å². The second-order valence-corrected chi connectivity index (χ2v) is 5.69. The monoisotopic (exact) mass is 223 g/mol. The fourth-order valence-corrected chi connectivity index (χ4v) is 3.41. The maximum absolute atomic E-state index is 3.47. The highest BCUT2D eigenvalue weighted by atomic mass is 32.1. The Morgan fingerprint density at radius 2 is 2.27 bits per heavy atom. The Hall–Kier alpha value is -0.340. The lowest BCUT2D eigenvalue weighted by Gasteiger charge is -2.19. The van der Waals surface area contributed by atoms with Crippen molar-refractivity contribution in [2.75, 3.05) is 7.05 Å². The third kappa shape index (κ3) is 3.32. The Morgan fingerprint density at radius 1 is 1.47 bits per heavy atom. The quantitative estimate of drug-likeness (QED) is 0.806. The number of rotatable bonds is 5. The highest BCUT2D eigenvalue weighted by Crippen LogP contribution is 2.29. The molecule has 1 saturated carbocycles. The molecule has 0 bridgehead atoms. The van der Waals surface area contributed by atoms with Crippen molar-refractivity contribution in [1.82, 2.24) is 5.32 Å². The van der Waals surface area contributed by atoms with Gasteiger partial charge in [-0.3, -0.25) is 0 Å². The van der Waals surface area contributed by atoms with Gasteiger partial charge in [-0.1, -0.05) is 31.7 Å². The van der Waals surface area contributed by atoms with E-state index in [4.69, 9.17) is 0 Å². The van der Waals surface area contributed by atoms with Crippen molar-refractivity contribution in [3.05, 3.63) is 22.4 Å². The first kappa shape index (κ1) is 11.2. The Morgan fingerprint density at radius 3 is 2.87 bits per heavy atom. The van der Waals surface area contributed by atoms with Crippen LogP contribution in [0.25, 0.3) is 0 Å². The molecule has 2 rings (SSSR count). The van der Waals surface area contributed by atoms with Crippen LogP contribution < -0.4 is 5.32 Å². The third-order valence-corrected chi connectivity index (χ3v) is 4.43. The first-order valence-electron chi connectivity index (χ1n) is 6.08. The van der Waals surface area contributed by atoms with E-state index in [1.54, 1.807) is 0 Å². The molecule has 0 radical (unpaired) electrons. The Balaban J connectivity index is 1.81. The molecule has 1 unspecified atom stereocenters. The van der Waals surface area contributed by atoms with Gasteiger partial charge in [0, 0.05) is 10.9 Å². The molecule has 1 aliphatic rings. The van der Waals surface area contributed by atoms with Gasteiger partial charge in [-0.05, 0) is 37.3 Å². The van der Waals surface area contributed by atoms with E-state index in [2.05, 4.69) is 29.9 Å². The van der Waals surface area contributed by atoms with Gasteiger partial charge in [-0.25, -0.2) is 0 Å². The SMILES string of the molecule is CNC(Cc1cccs1)CC1CCCC1. The van der Waals surface area contributed by atoms with E-state index in [1.807, 2.05) is 11.3 Å². The third-order valence-electron chi connectivity index (χ3n) is 3.53. The molecule has 84 valence electrons. The summed E-state index contributed by atoms with van der Waals surface area (Å²) in [4.78, 5) is 1.52. The summed E-state index contributed by atoms with van der Waals surface area (Å²) in [6.07, 6.45) is 8.42. The lowest BCUT2D eigenvalue weighted by molar-refractivity contribution is 0.404. The minimum atomic E-state index is 0.687. The lowest BCUT2D eigenvalue weighted by atomic mass is 9.96. The number of hydrogen-bond donors (Lipinski definition) is 1. The molecule has 0 saturated heterocycles. The van der Waals surface area contributed by atoms with Crippen LogP contribution in [0.4, 0.5) is 0 Å². The van der Waals surface area contributed by atoms with Gasteiger partial charge in [-0.15, -0.1) is 11.3 Å². The Bertz CT molecular complexity index is 262. The molecular weight excluding hydrogens is 202 g/mol. The highest BCUT2D eigenvalue weighted by molar-refractivity contribution is 7.09. The maximum Gasteiger partial charge on any atom is 0.0115 e. The Kier molecular flexibility index (Phi) is 4.21. The Labute approximate surface area is 96.9 Å². The average Bonchev–Trinajstić information content (AvgIpc) is 2.89. The molecule has 1 fully saturated rings. The molecular formula is C13H21NS. The van der Waals surface area contributed by atoms with Crippen molar-refractivity contribution in [2.24, 2.45) is 5.92 Å². The standard InChI is InChI=1S/C13H21NS/c1-14-12(9-11-5-2-3-6-11)10-13-7-4-8-15-13/h4,7-8,11-12,14H,2-3,5-6,9-10H2,1H3. The van der Waals surface area contributed by atoms with Crippen molar-refractivity contribution in [3.63, 3.8) is 0 Å². The van der Waals surface area contributed by atoms with E-state index in [-0.39, 0.29) is 0 Å². The maximum atomic E-state index is 3.47. The van der Waals surface area contributed by atoms with Crippen LogP contribution in [0, 0.1) is 5.92 Å². The largest absolute Gasteiger partial charge is 0.317 e. The summed E-state index contributed by atoms with van der Waals surface area (Å²) in [5.41, 5.74) is 0. The molecule has 2 heteroatoms. The van der Waals surface area contributed by atoms with Gasteiger partial charge < -0.3 is 5.32 Å². The van der Waals surface area contributed by atoms with Crippen LogP contribution in [-0.2, 0) is 6.42 Å². The molecule has 0 aromatic carbocycles. The zero-order chi connectivity index (χ0) is 10.5. The van der Waals surface area contributed by atoms with E-state index in [9.17, 15) is 0 Å². The first-order valence-corrected chi connectivity index (χ1v) is 6.96. The molecule has 1 nitrogen and oxygen atoms in total. The highest BCUT2D eigenvalue weighted by Gasteiger charge is 2.19. The summed E-state index contributed by atoms with van der Waals surface area (Å²) in [7, 11) is 2.10. The number of hydrogen-bond acceptors (Lipinski definition) is 2. The summed E-state index contributed by atoms with van der Waals surface area (Å²) in [5, 5.41) is 5.65. The van der Waals surface area contributed by atoms with E-state index in [0.717, 1.165) is 5.92 Å². The predicted molar refractivity (Wildman–Crippen MR) is 67.4 cm³/mol. The zero-order valence-electron chi connectivity index (χ0n) is 9.54. The van der Waals surface area contributed by atoms with Gasteiger partial charge in [0.2, 0.25) is 0 Å². The number of thiophene rings is 1. The smallest absolute Gasteiger partial charge is 0.0115 e. The fourth-order valence-electron chi connectivity index (χ4n) is 2.62. The molecule has 1 atom stereocenters. The summed E-state index contributed by atoms with van der Waals surface area (Å²) in [6.45, 7) is 0. The second kappa shape index (κ2) is 5.66. The van der Waals surface area contributed by atoms with Crippen molar-refractivity contribution < 1.29 is 0 Å². The molecule has 1 aromatic rings. The van der Waals surface area contributed by atoms with Gasteiger partial charge in [0.25, 0.3) is 0 Å². The molecule has 0 amide bonds. The predicted octanol–water partition coefficient (Wildman–Crippen LogP) is 3.46. The van der Waals surface area contributed by atoms with Crippen molar-refractivity contribution >= 4 is 11.3 Å². The van der Waals surface area contributed by atoms with Gasteiger partial charge in [0.05, 0.1) is 0 Å². The summed E-state index contributed by atoms with van der Waals surface area (Å²) in [5.74, 6) is 0.988.